The maximum absolute atomic E-state index is 13.3. The number of benzene rings is 1. The van der Waals surface area contributed by atoms with Crippen molar-refractivity contribution < 1.29 is 13.2 Å². The third-order valence-corrected chi connectivity index (χ3v) is 8.41. The lowest BCUT2D eigenvalue weighted by Crippen LogP contribution is -2.48. The summed E-state index contributed by atoms with van der Waals surface area (Å²) in [5.41, 5.74) is 1.04. The van der Waals surface area contributed by atoms with Crippen LogP contribution in [0.25, 0.3) is 10.9 Å². The molecular formula is C22H31N3O3S. The first-order chi connectivity index (χ1) is 13.9. The van der Waals surface area contributed by atoms with Crippen LogP contribution in [0.1, 0.15) is 39.5 Å². The second-order valence-corrected chi connectivity index (χ2v) is 10.5. The fourth-order valence-corrected chi connectivity index (χ4v) is 6.17. The van der Waals surface area contributed by atoms with Crippen molar-refractivity contribution in [3.8, 4) is 0 Å². The van der Waals surface area contributed by atoms with Gasteiger partial charge in [-0.15, -0.1) is 0 Å². The highest BCUT2D eigenvalue weighted by atomic mass is 32.2. The van der Waals surface area contributed by atoms with Crippen molar-refractivity contribution in [1.29, 1.82) is 0 Å². The van der Waals surface area contributed by atoms with Crippen molar-refractivity contribution in [2.75, 3.05) is 26.2 Å². The lowest BCUT2D eigenvalue weighted by molar-refractivity contribution is -0.138. The van der Waals surface area contributed by atoms with Gasteiger partial charge in [0.25, 0.3) is 0 Å². The highest BCUT2D eigenvalue weighted by Crippen LogP contribution is 2.28. The number of sulfonamides is 1. The van der Waals surface area contributed by atoms with Crippen molar-refractivity contribution >= 4 is 26.8 Å². The molecule has 0 saturated carbocycles. The number of nitrogens with zero attached hydrogens (tertiary/aromatic N) is 3. The number of aromatic nitrogens is 1. The van der Waals surface area contributed by atoms with Gasteiger partial charge in [0, 0.05) is 49.8 Å². The minimum atomic E-state index is -3.60. The molecule has 0 spiro atoms. The standard InChI is InChI=1S/C22H31N3O3S/c1-3-23-14-10-18-15-20(6-7-21(18)23)29(27,28)25-11-4-5-19(16-25)22(26)24-12-8-17(2)9-13-24/h6-7,10,14-15,17,19H,3-5,8-9,11-13,16H2,1-2H3. The Bertz CT molecular complexity index is 990. The minimum absolute atomic E-state index is 0.132. The molecule has 4 rings (SSSR count). The van der Waals surface area contributed by atoms with Crippen molar-refractivity contribution in [3.05, 3.63) is 30.5 Å². The third kappa shape index (κ3) is 3.94. The monoisotopic (exact) mass is 417 g/mol. The Morgan fingerprint density at radius 3 is 2.59 bits per heavy atom. The average Bonchev–Trinajstić information content (AvgIpc) is 3.16. The quantitative estimate of drug-likeness (QED) is 0.767. The molecule has 0 radical (unpaired) electrons. The minimum Gasteiger partial charge on any atom is -0.348 e. The van der Waals surface area contributed by atoms with E-state index in [1.54, 1.807) is 12.1 Å². The summed E-state index contributed by atoms with van der Waals surface area (Å²) in [5.74, 6) is 0.573. The fraction of sp³-hybridized carbons (Fsp3) is 0.591. The zero-order valence-corrected chi connectivity index (χ0v) is 18.2. The maximum atomic E-state index is 13.3. The van der Waals surface area contributed by atoms with E-state index >= 15 is 0 Å². The van der Waals surface area contributed by atoms with E-state index < -0.39 is 10.0 Å². The molecule has 0 bridgehead atoms. The van der Waals surface area contributed by atoms with E-state index in [1.165, 1.54) is 4.31 Å². The molecule has 1 aromatic carbocycles. The number of hydrogen-bond donors (Lipinski definition) is 0. The molecule has 2 fully saturated rings. The van der Waals surface area contributed by atoms with Gasteiger partial charge in [-0.05, 0) is 62.8 Å². The van der Waals surface area contributed by atoms with E-state index in [0.29, 0.717) is 23.9 Å². The number of likely N-dealkylation sites (tertiary alicyclic amines) is 1. The van der Waals surface area contributed by atoms with E-state index in [9.17, 15) is 13.2 Å². The number of rotatable bonds is 4. The van der Waals surface area contributed by atoms with Crippen LogP contribution in [0.4, 0.5) is 0 Å². The van der Waals surface area contributed by atoms with Crippen LogP contribution in [-0.4, -0.2) is 54.3 Å². The molecule has 2 aliphatic rings. The van der Waals surface area contributed by atoms with Gasteiger partial charge in [-0.3, -0.25) is 4.79 Å². The molecular weight excluding hydrogens is 386 g/mol. The molecule has 2 aliphatic heterocycles. The first-order valence-corrected chi connectivity index (χ1v) is 12.2. The van der Waals surface area contributed by atoms with Crippen LogP contribution >= 0.6 is 0 Å². The van der Waals surface area contributed by atoms with Gasteiger partial charge in [0.1, 0.15) is 0 Å². The smallest absolute Gasteiger partial charge is 0.243 e. The summed E-state index contributed by atoms with van der Waals surface area (Å²) in [6.45, 7) is 7.52. The number of hydrogen-bond acceptors (Lipinski definition) is 3. The summed E-state index contributed by atoms with van der Waals surface area (Å²) in [6.07, 6.45) is 5.57. The summed E-state index contributed by atoms with van der Waals surface area (Å²) in [5, 5.41) is 0.931. The Labute approximate surface area is 173 Å². The van der Waals surface area contributed by atoms with Gasteiger partial charge >= 0.3 is 0 Å². The Hall–Kier alpha value is -1.86. The van der Waals surface area contributed by atoms with Crippen molar-refractivity contribution in [2.24, 2.45) is 11.8 Å². The molecule has 0 aliphatic carbocycles. The van der Waals surface area contributed by atoms with E-state index in [0.717, 1.165) is 56.2 Å². The van der Waals surface area contributed by atoms with Crippen LogP contribution in [0.15, 0.2) is 35.4 Å². The van der Waals surface area contributed by atoms with E-state index in [1.807, 2.05) is 23.2 Å². The molecule has 7 heteroatoms. The van der Waals surface area contributed by atoms with Gasteiger partial charge in [0.2, 0.25) is 15.9 Å². The summed E-state index contributed by atoms with van der Waals surface area (Å²) >= 11 is 0. The molecule has 1 amide bonds. The number of aryl methyl sites for hydroxylation is 1. The third-order valence-electron chi connectivity index (χ3n) is 6.55. The Kier molecular flexibility index (Phi) is 5.71. The highest BCUT2D eigenvalue weighted by molar-refractivity contribution is 7.89. The van der Waals surface area contributed by atoms with Crippen LogP contribution in [0.5, 0.6) is 0 Å². The zero-order valence-electron chi connectivity index (χ0n) is 17.4. The van der Waals surface area contributed by atoms with Crippen LogP contribution in [0.2, 0.25) is 0 Å². The van der Waals surface area contributed by atoms with Crippen LogP contribution in [-0.2, 0) is 21.4 Å². The number of amides is 1. The lowest BCUT2D eigenvalue weighted by Gasteiger charge is -2.36. The Morgan fingerprint density at radius 1 is 1.10 bits per heavy atom. The molecule has 158 valence electrons. The van der Waals surface area contributed by atoms with Gasteiger partial charge in [0.15, 0.2) is 0 Å². The van der Waals surface area contributed by atoms with E-state index in [-0.39, 0.29) is 11.8 Å². The van der Waals surface area contributed by atoms with Crippen molar-refractivity contribution in [1.82, 2.24) is 13.8 Å². The van der Waals surface area contributed by atoms with Gasteiger partial charge in [0.05, 0.1) is 10.8 Å². The van der Waals surface area contributed by atoms with Gasteiger partial charge in [-0.25, -0.2) is 8.42 Å². The second kappa shape index (κ2) is 8.11. The van der Waals surface area contributed by atoms with Crippen LogP contribution in [0.3, 0.4) is 0 Å². The highest BCUT2D eigenvalue weighted by Gasteiger charge is 2.35. The molecule has 1 aromatic heterocycles. The number of fused-ring (bicyclic) bond motifs is 1. The molecule has 3 heterocycles. The van der Waals surface area contributed by atoms with Gasteiger partial charge in [-0.1, -0.05) is 6.92 Å². The molecule has 1 unspecified atom stereocenters. The van der Waals surface area contributed by atoms with E-state index in [2.05, 4.69) is 18.4 Å². The lowest BCUT2D eigenvalue weighted by atomic mass is 9.94. The van der Waals surface area contributed by atoms with Crippen molar-refractivity contribution in [3.63, 3.8) is 0 Å². The summed E-state index contributed by atoms with van der Waals surface area (Å²) in [7, 11) is -3.60. The Morgan fingerprint density at radius 2 is 1.86 bits per heavy atom. The van der Waals surface area contributed by atoms with Crippen molar-refractivity contribution in [2.45, 2.75) is 51.0 Å². The zero-order chi connectivity index (χ0) is 20.6. The first-order valence-electron chi connectivity index (χ1n) is 10.8. The van der Waals surface area contributed by atoms with Gasteiger partial charge in [-0.2, -0.15) is 4.31 Å². The number of carbonyl (C=O) groups is 1. The molecule has 29 heavy (non-hydrogen) atoms. The summed E-state index contributed by atoms with van der Waals surface area (Å²) in [4.78, 5) is 15.2. The van der Waals surface area contributed by atoms with Crippen LogP contribution < -0.4 is 0 Å². The molecule has 0 N–H and O–H groups in total. The summed E-state index contributed by atoms with van der Waals surface area (Å²) in [6, 6.07) is 7.29. The average molecular weight is 418 g/mol. The predicted octanol–water partition coefficient (Wildman–Crippen LogP) is 3.32. The number of piperidine rings is 2. The molecule has 2 saturated heterocycles. The Balaban J connectivity index is 1.51. The fourth-order valence-electron chi connectivity index (χ4n) is 4.61. The SMILES string of the molecule is CCn1ccc2cc(S(=O)(=O)N3CCCC(C(=O)N4CCC(C)CC4)C3)ccc21. The van der Waals surface area contributed by atoms with Gasteiger partial charge < -0.3 is 9.47 Å². The summed E-state index contributed by atoms with van der Waals surface area (Å²) < 4.78 is 30.2. The maximum Gasteiger partial charge on any atom is 0.243 e. The molecule has 1 atom stereocenters. The largest absolute Gasteiger partial charge is 0.348 e. The number of carbonyl (C=O) groups excluding carboxylic acids is 1. The first kappa shape index (κ1) is 20.4. The van der Waals surface area contributed by atoms with E-state index in [4.69, 9.17) is 0 Å². The topological polar surface area (TPSA) is 62.6 Å². The second-order valence-electron chi connectivity index (χ2n) is 8.53. The molecule has 6 nitrogen and oxygen atoms in total. The van der Waals surface area contributed by atoms with Crippen LogP contribution in [0, 0.1) is 11.8 Å². The molecule has 2 aromatic rings. The predicted molar refractivity (Wildman–Crippen MR) is 114 cm³/mol. The normalized spacial score (nSPS) is 22.3.